The van der Waals surface area contributed by atoms with Crippen LogP contribution in [0.15, 0.2) is 78.9 Å². The Morgan fingerprint density at radius 3 is 1.80 bits per heavy atom. The molecule has 4 rings (SSSR count). The number of hydrogen-bond donors (Lipinski definition) is 1. The first kappa shape index (κ1) is 20.8. The van der Waals surface area contributed by atoms with Gasteiger partial charge in [0, 0.05) is 12.6 Å². The molecular formula is C28H33NO. The smallest absolute Gasteiger partial charge is 0.130 e. The summed E-state index contributed by atoms with van der Waals surface area (Å²) in [6.07, 6.45) is 4.12. The van der Waals surface area contributed by atoms with Crippen molar-refractivity contribution in [3.05, 3.63) is 107 Å². The minimum Gasteiger partial charge on any atom is -0.379 e. The van der Waals surface area contributed by atoms with Crippen LogP contribution in [-0.4, -0.2) is 22.6 Å². The lowest BCUT2D eigenvalue weighted by atomic mass is 9.78. The molecule has 2 heteroatoms. The fourth-order valence-electron chi connectivity index (χ4n) is 4.85. The molecule has 1 heterocycles. The van der Waals surface area contributed by atoms with Crippen molar-refractivity contribution < 1.29 is 5.11 Å². The minimum atomic E-state index is -1.02. The summed E-state index contributed by atoms with van der Waals surface area (Å²) in [6.45, 7) is 6.22. The van der Waals surface area contributed by atoms with Gasteiger partial charge in [0.15, 0.2) is 0 Å². The quantitative estimate of drug-likeness (QED) is 0.550. The normalized spacial score (nSPS) is 17.4. The van der Waals surface area contributed by atoms with Crippen molar-refractivity contribution >= 4 is 0 Å². The molecule has 30 heavy (non-hydrogen) atoms. The van der Waals surface area contributed by atoms with E-state index in [2.05, 4.69) is 97.6 Å². The molecule has 1 saturated heterocycles. The van der Waals surface area contributed by atoms with Crippen molar-refractivity contribution in [3.8, 4) is 0 Å². The number of aryl methyl sites for hydroxylation is 2. The average Bonchev–Trinajstić information content (AvgIpc) is 3.28. The zero-order valence-electron chi connectivity index (χ0n) is 18.2. The van der Waals surface area contributed by atoms with E-state index < -0.39 is 5.60 Å². The molecule has 1 aliphatic rings. The summed E-state index contributed by atoms with van der Waals surface area (Å²) < 4.78 is 0. The van der Waals surface area contributed by atoms with Crippen LogP contribution in [0.5, 0.6) is 0 Å². The van der Waals surface area contributed by atoms with Gasteiger partial charge in [-0.25, -0.2) is 0 Å². The Bertz CT molecular complexity index is 883. The third-order valence-corrected chi connectivity index (χ3v) is 6.68. The predicted molar refractivity (Wildman–Crippen MR) is 125 cm³/mol. The zero-order valence-corrected chi connectivity index (χ0v) is 18.2. The lowest BCUT2D eigenvalue weighted by Gasteiger charge is -2.40. The highest BCUT2D eigenvalue weighted by Crippen LogP contribution is 2.41. The fraction of sp³-hybridized carbons (Fsp3) is 0.357. The van der Waals surface area contributed by atoms with Gasteiger partial charge in [0.05, 0.1) is 0 Å². The van der Waals surface area contributed by atoms with Crippen LogP contribution in [0, 0.1) is 0 Å². The summed E-state index contributed by atoms with van der Waals surface area (Å²) >= 11 is 0. The van der Waals surface area contributed by atoms with Gasteiger partial charge < -0.3 is 5.11 Å². The standard InChI is InChI=1S/C28H33NO/c1-3-22-12-16-25(17-13-22)28(30,26-18-14-23(4-2)15-19-26)27-11-8-20-29(27)21-24-9-6-5-7-10-24/h5-7,9-10,12-19,27,30H,3-4,8,11,20-21H2,1-2H3/t27-/m0/s1. The van der Waals surface area contributed by atoms with Crippen LogP contribution in [0.3, 0.4) is 0 Å². The van der Waals surface area contributed by atoms with Crippen molar-refractivity contribution in [2.45, 2.75) is 57.7 Å². The van der Waals surface area contributed by atoms with Gasteiger partial charge in [0.2, 0.25) is 0 Å². The molecule has 0 amide bonds. The predicted octanol–water partition coefficient (Wildman–Crippen LogP) is 5.71. The fourth-order valence-corrected chi connectivity index (χ4v) is 4.85. The molecule has 156 valence electrons. The molecule has 1 aliphatic heterocycles. The van der Waals surface area contributed by atoms with Gasteiger partial charge in [-0.15, -0.1) is 0 Å². The lowest BCUT2D eigenvalue weighted by Crippen LogP contribution is -2.48. The molecule has 3 aromatic carbocycles. The highest BCUT2D eigenvalue weighted by atomic mass is 16.3. The molecule has 0 aromatic heterocycles. The molecule has 0 aliphatic carbocycles. The van der Waals surface area contributed by atoms with Crippen LogP contribution in [0.4, 0.5) is 0 Å². The molecule has 1 N–H and O–H groups in total. The van der Waals surface area contributed by atoms with Gasteiger partial charge in [-0.05, 0) is 60.0 Å². The largest absolute Gasteiger partial charge is 0.379 e. The Labute approximate surface area is 181 Å². The average molecular weight is 400 g/mol. The Hall–Kier alpha value is -2.42. The van der Waals surface area contributed by atoms with Crippen LogP contribution in [0.25, 0.3) is 0 Å². The molecule has 0 bridgehead atoms. The number of rotatable bonds is 7. The number of benzene rings is 3. The molecule has 0 saturated carbocycles. The van der Waals surface area contributed by atoms with Crippen molar-refractivity contribution in [2.75, 3.05) is 6.54 Å². The molecule has 1 atom stereocenters. The summed E-state index contributed by atoms with van der Waals surface area (Å²) in [6, 6.07) is 27.8. The van der Waals surface area contributed by atoms with Crippen molar-refractivity contribution in [3.63, 3.8) is 0 Å². The van der Waals surface area contributed by atoms with Crippen LogP contribution in [0.1, 0.15) is 54.5 Å². The van der Waals surface area contributed by atoms with E-state index in [0.29, 0.717) is 0 Å². The molecular weight excluding hydrogens is 366 g/mol. The van der Waals surface area contributed by atoms with E-state index in [-0.39, 0.29) is 6.04 Å². The molecule has 3 aromatic rings. The Morgan fingerprint density at radius 2 is 1.30 bits per heavy atom. The van der Waals surface area contributed by atoms with E-state index in [1.54, 1.807) is 0 Å². The van der Waals surface area contributed by atoms with Gasteiger partial charge in [0.1, 0.15) is 5.60 Å². The Morgan fingerprint density at radius 1 is 0.767 bits per heavy atom. The SMILES string of the molecule is CCc1ccc(C(O)(c2ccc(CC)cc2)[C@@H]2CCCN2Cc2ccccc2)cc1. The Balaban J connectivity index is 1.75. The minimum absolute atomic E-state index is 0.0534. The third kappa shape index (κ3) is 4.08. The summed E-state index contributed by atoms with van der Waals surface area (Å²) in [5, 5.41) is 12.4. The summed E-state index contributed by atoms with van der Waals surface area (Å²) in [5.74, 6) is 0. The van der Waals surface area contributed by atoms with Crippen molar-refractivity contribution in [1.29, 1.82) is 0 Å². The summed E-state index contributed by atoms with van der Waals surface area (Å²) in [5.41, 5.74) is 4.87. The molecule has 0 spiro atoms. The monoisotopic (exact) mass is 399 g/mol. The van der Waals surface area contributed by atoms with E-state index in [0.717, 1.165) is 49.9 Å². The maximum absolute atomic E-state index is 12.4. The van der Waals surface area contributed by atoms with Crippen LogP contribution in [-0.2, 0) is 25.0 Å². The number of nitrogens with zero attached hydrogens (tertiary/aromatic N) is 1. The van der Waals surface area contributed by atoms with E-state index in [1.165, 1.54) is 16.7 Å². The Kier molecular flexibility index (Phi) is 6.36. The van der Waals surface area contributed by atoms with Crippen LogP contribution in [0.2, 0.25) is 0 Å². The number of aliphatic hydroxyl groups is 1. The first-order valence-corrected chi connectivity index (χ1v) is 11.3. The molecule has 1 fully saturated rings. The maximum atomic E-state index is 12.4. The summed E-state index contributed by atoms with van der Waals surface area (Å²) in [7, 11) is 0. The number of hydrogen-bond acceptors (Lipinski definition) is 2. The van der Waals surface area contributed by atoms with E-state index in [4.69, 9.17) is 0 Å². The molecule has 0 radical (unpaired) electrons. The molecule has 0 unspecified atom stereocenters. The topological polar surface area (TPSA) is 23.5 Å². The second-order valence-corrected chi connectivity index (χ2v) is 8.48. The van der Waals surface area contributed by atoms with Gasteiger partial charge in [-0.3, -0.25) is 4.90 Å². The van der Waals surface area contributed by atoms with E-state index in [9.17, 15) is 5.11 Å². The van der Waals surface area contributed by atoms with Crippen molar-refractivity contribution in [1.82, 2.24) is 4.90 Å². The third-order valence-electron chi connectivity index (χ3n) is 6.68. The first-order valence-electron chi connectivity index (χ1n) is 11.3. The van der Waals surface area contributed by atoms with Crippen LogP contribution < -0.4 is 0 Å². The highest BCUT2D eigenvalue weighted by Gasteiger charge is 2.45. The van der Waals surface area contributed by atoms with E-state index >= 15 is 0 Å². The molecule has 2 nitrogen and oxygen atoms in total. The summed E-state index contributed by atoms with van der Waals surface area (Å²) in [4.78, 5) is 2.47. The maximum Gasteiger partial charge on any atom is 0.130 e. The highest BCUT2D eigenvalue weighted by molar-refractivity contribution is 5.41. The number of likely N-dealkylation sites (tertiary alicyclic amines) is 1. The zero-order chi connectivity index (χ0) is 21.0. The second kappa shape index (κ2) is 9.16. The first-order chi connectivity index (χ1) is 14.6. The van der Waals surface area contributed by atoms with Gasteiger partial charge in [-0.1, -0.05) is 92.7 Å². The van der Waals surface area contributed by atoms with Gasteiger partial charge >= 0.3 is 0 Å². The van der Waals surface area contributed by atoms with Gasteiger partial charge in [-0.2, -0.15) is 0 Å². The van der Waals surface area contributed by atoms with Gasteiger partial charge in [0.25, 0.3) is 0 Å². The van der Waals surface area contributed by atoms with Crippen molar-refractivity contribution in [2.24, 2.45) is 0 Å². The lowest BCUT2D eigenvalue weighted by molar-refractivity contribution is -0.00655. The second-order valence-electron chi connectivity index (χ2n) is 8.48. The van der Waals surface area contributed by atoms with E-state index in [1.807, 2.05) is 0 Å². The van der Waals surface area contributed by atoms with Crippen LogP contribution >= 0.6 is 0 Å².